The smallest absolute Gasteiger partial charge is 0.423 e. The predicted octanol–water partition coefficient (Wildman–Crippen LogP) is 0.559. The van der Waals surface area contributed by atoms with Crippen LogP contribution in [0, 0.1) is 5.82 Å². The van der Waals surface area contributed by atoms with E-state index < -0.39 is 12.9 Å². The van der Waals surface area contributed by atoms with Crippen molar-refractivity contribution >= 4 is 24.2 Å². The third-order valence-corrected chi connectivity index (χ3v) is 2.56. The molecular formula is C10H9BClFN2O2. The van der Waals surface area contributed by atoms with Crippen LogP contribution in [0.3, 0.4) is 0 Å². The molecule has 17 heavy (non-hydrogen) atoms. The maximum atomic E-state index is 13.7. The van der Waals surface area contributed by atoms with Gasteiger partial charge in [0.05, 0.1) is 5.69 Å². The lowest BCUT2D eigenvalue weighted by atomic mass is 9.79. The summed E-state index contributed by atoms with van der Waals surface area (Å²) in [5.74, 6) is -0.557. The molecule has 0 aliphatic heterocycles. The molecule has 4 nitrogen and oxygen atoms in total. The summed E-state index contributed by atoms with van der Waals surface area (Å²) in [7, 11) is -0.0859. The number of aryl methyl sites for hydroxylation is 1. The summed E-state index contributed by atoms with van der Waals surface area (Å²) in [6.07, 6.45) is 1.42. The topological polar surface area (TPSA) is 58.3 Å². The molecule has 2 rings (SSSR count). The van der Waals surface area contributed by atoms with Crippen LogP contribution in [0.5, 0.6) is 0 Å². The Morgan fingerprint density at radius 1 is 1.41 bits per heavy atom. The van der Waals surface area contributed by atoms with Crippen molar-refractivity contribution in [1.29, 1.82) is 0 Å². The molecule has 0 aliphatic carbocycles. The second-order valence-corrected chi connectivity index (χ2v) is 4.04. The van der Waals surface area contributed by atoms with Crippen molar-refractivity contribution in [3.05, 3.63) is 35.2 Å². The lowest BCUT2D eigenvalue weighted by Crippen LogP contribution is -2.30. The molecule has 1 aromatic heterocycles. The average Bonchev–Trinajstić information content (AvgIpc) is 2.60. The molecule has 0 fully saturated rings. The van der Waals surface area contributed by atoms with Gasteiger partial charge in [0.15, 0.2) is 0 Å². The minimum absolute atomic E-state index is 0.147. The van der Waals surface area contributed by atoms with Crippen molar-refractivity contribution in [3.8, 4) is 11.3 Å². The highest BCUT2D eigenvalue weighted by Gasteiger charge is 2.22. The second-order valence-electron chi connectivity index (χ2n) is 3.60. The molecule has 0 atom stereocenters. The summed E-state index contributed by atoms with van der Waals surface area (Å²) in [6, 6.07) is 4.12. The average molecular weight is 254 g/mol. The number of nitrogens with zero attached hydrogens (tertiary/aromatic N) is 2. The zero-order chi connectivity index (χ0) is 12.6. The van der Waals surface area contributed by atoms with Crippen molar-refractivity contribution in [2.45, 2.75) is 0 Å². The molecule has 0 saturated heterocycles. The van der Waals surface area contributed by atoms with Crippen LogP contribution in [0.2, 0.25) is 5.02 Å². The Morgan fingerprint density at radius 2 is 2.12 bits per heavy atom. The Balaban J connectivity index is 2.59. The molecule has 0 saturated carbocycles. The monoisotopic (exact) mass is 254 g/mol. The van der Waals surface area contributed by atoms with Crippen LogP contribution in [0.25, 0.3) is 11.3 Å². The van der Waals surface area contributed by atoms with Gasteiger partial charge in [0.2, 0.25) is 0 Å². The molecule has 0 unspecified atom stereocenters. The van der Waals surface area contributed by atoms with Gasteiger partial charge in [0.25, 0.3) is 0 Å². The molecule has 2 N–H and O–H groups in total. The molecule has 2 aromatic rings. The van der Waals surface area contributed by atoms with Gasteiger partial charge in [-0.3, -0.25) is 4.68 Å². The molecule has 0 amide bonds. The van der Waals surface area contributed by atoms with Gasteiger partial charge in [0, 0.05) is 29.3 Å². The van der Waals surface area contributed by atoms with Crippen LogP contribution in [-0.4, -0.2) is 26.9 Å². The first-order chi connectivity index (χ1) is 7.99. The Bertz CT molecular complexity index is 559. The highest BCUT2D eigenvalue weighted by Crippen LogP contribution is 2.22. The molecule has 0 bridgehead atoms. The molecule has 88 valence electrons. The fourth-order valence-corrected chi connectivity index (χ4v) is 1.75. The number of hydrogen-bond donors (Lipinski definition) is 2. The van der Waals surface area contributed by atoms with Crippen LogP contribution >= 0.6 is 11.6 Å². The molecule has 1 aromatic carbocycles. The highest BCUT2D eigenvalue weighted by molar-refractivity contribution is 6.60. The first-order valence-corrected chi connectivity index (χ1v) is 5.22. The van der Waals surface area contributed by atoms with E-state index in [1.807, 2.05) is 0 Å². The van der Waals surface area contributed by atoms with E-state index in [4.69, 9.17) is 11.6 Å². The summed E-state index contributed by atoms with van der Waals surface area (Å²) in [5, 5.41) is 22.6. The lowest BCUT2D eigenvalue weighted by Gasteiger charge is -2.03. The predicted molar refractivity (Wildman–Crippen MR) is 63.4 cm³/mol. The first-order valence-electron chi connectivity index (χ1n) is 4.84. The summed E-state index contributed by atoms with van der Waals surface area (Å²) in [6.45, 7) is 0. The Morgan fingerprint density at radius 3 is 2.71 bits per heavy atom. The summed E-state index contributed by atoms with van der Waals surface area (Å²) in [4.78, 5) is 0. The summed E-state index contributed by atoms with van der Waals surface area (Å²) in [5.41, 5.74) is 0.517. The molecule has 0 aliphatic rings. The van der Waals surface area contributed by atoms with E-state index in [1.165, 1.54) is 23.0 Å². The quantitative estimate of drug-likeness (QED) is 0.770. The van der Waals surface area contributed by atoms with Crippen molar-refractivity contribution in [3.63, 3.8) is 0 Å². The SMILES string of the molecule is Cn1cc(B(O)O)c(-c2ccc(Cl)cc2F)n1. The molecule has 7 heteroatoms. The normalized spacial score (nSPS) is 10.6. The van der Waals surface area contributed by atoms with Crippen molar-refractivity contribution in [2.75, 3.05) is 0 Å². The third-order valence-electron chi connectivity index (χ3n) is 2.32. The van der Waals surface area contributed by atoms with Gasteiger partial charge in [-0.25, -0.2) is 4.39 Å². The Hall–Kier alpha value is -1.37. The van der Waals surface area contributed by atoms with Crippen LogP contribution < -0.4 is 5.46 Å². The standard InChI is InChI=1S/C10H9BClFN2O2/c1-15-5-8(11(16)17)10(14-15)7-3-2-6(12)4-9(7)13/h2-5,16-17H,1H3. The van der Waals surface area contributed by atoms with E-state index in [1.54, 1.807) is 7.05 Å². The maximum absolute atomic E-state index is 13.7. The molecular weight excluding hydrogens is 245 g/mol. The van der Waals surface area contributed by atoms with Crippen LogP contribution in [0.4, 0.5) is 4.39 Å². The van der Waals surface area contributed by atoms with Crippen LogP contribution in [0.15, 0.2) is 24.4 Å². The van der Waals surface area contributed by atoms with Gasteiger partial charge in [-0.1, -0.05) is 11.6 Å². The van der Waals surface area contributed by atoms with E-state index in [9.17, 15) is 14.4 Å². The fourth-order valence-electron chi connectivity index (χ4n) is 1.59. The molecule has 0 radical (unpaired) electrons. The van der Waals surface area contributed by atoms with Gasteiger partial charge < -0.3 is 10.0 Å². The van der Waals surface area contributed by atoms with Crippen LogP contribution in [0.1, 0.15) is 0 Å². The van der Waals surface area contributed by atoms with E-state index in [0.717, 1.165) is 6.07 Å². The number of hydrogen-bond acceptors (Lipinski definition) is 3. The minimum Gasteiger partial charge on any atom is -0.423 e. The Labute approximate surface area is 102 Å². The van der Waals surface area contributed by atoms with Gasteiger partial charge in [-0.15, -0.1) is 0 Å². The molecule has 0 spiro atoms. The van der Waals surface area contributed by atoms with Crippen molar-refractivity contribution in [1.82, 2.24) is 9.78 Å². The van der Waals surface area contributed by atoms with Gasteiger partial charge in [-0.2, -0.15) is 5.10 Å². The molecule has 1 heterocycles. The Kier molecular flexibility index (Phi) is 3.19. The van der Waals surface area contributed by atoms with Gasteiger partial charge in [-0.05, 0) is 18.2 Å². The third kappa shape index (κ3) is 2.33. The lowest BCUT2D eigenvalue weighted by molar-refractivity contribution is 0.426. The van der Waals surface area contributed by atoms with Crippen LogP contribution in [-0.2, 0) is 7.05 Å². The number of benzene rings is 1. The van der Waals surface area contributed by atoms with Crippen molar-refractivity contribution in [2.24, 2.45) is 7.05 Å². The number of rotatable bonds is 2. The zero-order valence-corrected chi connectivity index (χ0v) is 9.69. The zero-order valence-electron chi connectivity index (χ0n) is 8.93. The largest absolute Gasteiger partial charge is 0.492 e. The van der Waals surface area contributed by atoms with E-state index in [0.29, 0.717) is 0 Å². The van der Waals surface area contributed by atoms with E-state index in [2.05, 4.69) is 5.10 Å². The number of halogens is 2. The highest BCUT2D eigenvalue weighted by atomic mass is 35.5. The minimum atomic E-state index is -1.70. The van der Waals surface area contributed by atoms with E-state index in [-0.39, 0.29) is 21.7 Å². The maximum Gasteiger partial charge on any atom is 0.492 e. The number of aromatic nitrogens is 2. The van der Waals surface area contributed by atoms with Crippen molar-refractivity contribution < 1.29 is 14.4 Å². The summed E-state index contributed by atoms with van der Waals surface area (Å²) >= 11 is 5.65. The first kappa shape index (κ1) is 12.1. The van der Waals surface area contributed by atoms with Gasteiger partial charge >= 0.3 is 7.12 Å². The summed E-state index contributed by atoms with van der Waals surface area (Å²) < 4.78 is 15.1. The second kappa shape index (κ2) is 4.48. The fraction of sp³-hybridized carbons (Fsp3) is 0.100. The van der Waals surface area contributed by atoms with E-state index >= 15 is 0 Å². The van der Waals surface area contributed by atoms with Gasteiger partial charge in [0.1, 0.15) is 5.82 Å².